The molecule has 0 unspecified atom stereocenters. The van der Waals surface area contributed by atoms with Gasteiger partial charge < -0.3 is 9.05 Å². The van der Waals surface area contributed by atoms with Crippen LogP contribution in [0.5, 0.6) is 0 Å². The van der Waals surface area contributed by atoms with Crippen molar-refractivity contribution in [2.45, 2.75) is 0 Å². The minimum atomic E-state index is -2.80. The van der Waals surface area contributed by atoms with Gasteiger partial charge in [-0.3, -0.25) is 4.57 Å². The molecule has 0 amide bonds. The minimum absolute atomic E-state index is 0.125. The van der Waals surface area contributed by atoms with E-state index in [4.69, 9.17) is 0 Å². The summed E-state index contributed by atoms with van der Waals surface area (Å²) in [4.78, 5) is 0. The van der Waals surface area contributed by atoms with E-state index in [1.165, 1.54) is 14.2 Å². The van der Waals surface area contributed by atoms with Crippen molar-refractivity contribution < 1.29 is 13.6 Å². The van der Waals surface area contributed by atoms with E-state index in [2.05, 4.69) is 21.7 Å². The van der Waals surface area contributed by atoms with Gasteiger partial charge in [-0.2, -0.15) is 12.6 Å². The zero-order valence-corrected chi connectivity index (χ0v) is 6.62. The van der Waals surface area contributed by atoms with Gasteiger partial charge in [-0.15, -0.1) is 0 Å². The van der Waals surface area contributed by atoms with Crippen LogP contribution in [0.4, 0.5) is 0 Å². The Labute approximate surface area is 54.3 Å². The largest absolute Gasteiger partial charge is 0.339 e. The van der Waals surface area contributed by atoms with Gasteiger partial charge in [0, 0.05) is 14.2 Å². The van der Waals surface area contributed by atoms with Crippen molar-refractivity contribution in [2.24, 2.45) is 0 Å². The summed E-state index contributed by atoms with van der Waals surface area (Å²) in [6.45, 7) is 0. The van der Waals surface area contributed by atoms with Crippen molar-refractivity contribution in [3.05, 3.63) is 0 Å². The van der Waals surface area contributed by atoms with Crippen LogP contribution < -0.4 is 0 Å². The Kier molecular flexibility index (Phi) is 3.73. The van der Waals surface area contributed by atoms with E-state index >= 15 is 0 Å². The number of hydrogen-bond acceptors (Lipinski definition) is 4. The molecule has 3 nitrogen and oxygen atoms in total. The van der Waals surface area contributed by atoms with Crippen molar-refractivity contribution in [1.29, 1.82) is 0 Å². The summed E-state index contributed by atoms with van der Waals surface area (Å²) >= 11 is 3.75. The molecule has 0 N–H and O–H groups in total. The molecular formula is C3H9O3PS. The first-order valence-electron chi connectivity index (χ1n) is 2.00. The van der Waals surface area contributed by atoms with Gasteiger partial charge in [0.05, 0.1) is 5.49 Å². The number of hydrogen-bond donors (Lipinski definition) is 1. The van der Waals surface area contributed by atoms with E-state index in [1.807, 2.05) is 0 Å². The molecule has 0 saturated carbocycles. The van der Waals surface area contributed by atoms with Crippen LogP contribution in [0.2, 0.25) is 0 Å². The molecule has 50 valence electrons. The minimum Gasteiger partial charge on any atom is -0.311 e. The van der Waals surface area contributed by atoms with E-state index in [0.29, 0.717) is 0 Å². The predicted molar refractivity (Wildman–Crippen MR) is 35.5 cm³/mol. The van der Waals surface area contributed by atoms with Crippen molar-refractivity contribution >= 4 is 20.2 Å². The van der Waals surface area contributed by atoms with E-state index in [-0.39, 0.29) is 5.49 Å². The Morgan fingerprint density at radius 2 is 1.88 bits per heavy atom. The Morgan fingerprint density at radius 1 is 1.50 bits per heavy atom. The third-order valence-electron chi connectivity index (χ3n) is 0.730. The lowest BCUT2D eigenvalue weighted by Crippen LogP contribution is -1.87. The molecule has 0 heterocycles. The standard InChI is InChI=1S/C3H9O3PS/c1-5-7(4,3-8)6-2/h8H,3H2,1-2H3. The molecule has 0 spiro atoms. The van der Waals surface area contributed by atoms with E-state index in [9.17, 15) is 4.57 Å². The fourth-order valence-electron chi connectivity index (χ4n) is 0.190. The molecule has 0 bridgehead atoms. The van der Waals surface area contributed by atoms with E-state index < -0.39 is 7.60 Å². The summed E-state index contributed by atoms with van der Waals surface area (Å²) in [7, 11) is -0.130. The molecule has 0 aliphatic carbocycles. The quantitative estimate of drug-likeness (QED) is 0.495. The fraction of sp³-hybridized carbons (Fsp3) is 1.00. The van der Waals surface area contributed by atoms with Gasteiger partial charge in [0.2, 0.25) is 0 Å². The molecule has 0 saturated heterocycles. The third-order valence-corrected chi connectivity index (χ3v) is 3.23. The maximum Gasteiger partial charge on any atom is 0.339 e. The van der Waals surface area contributed by atoms with Crippen molar-refractivity contribution in [1.82, 2.24) is 0 Å². The molecule has 0 aliphatic heterocycles. The molecule has 0 aliphatic rings. The highest BCUT2D eigenvalue weighted by atomic mass is 32.1. The molecule has 8 heavy (non-hydrogen) atoms. The molecule has 0 fully saturated rings. The summed E-state index contributed by atoms with van der Waals surface area (Å²) in [5.41, 5.74) is 0.125. The first-order valence-corrected chi connectivity index (χ1v) is 4.36. The van der Waals surface area contributed by atoms with Gasteiger partial charge in [-0.05, 0) is 0 Å². The predicted octanol–water partition coefficient (Wildman–Crippen LogP) is 1.36. The van der Waals surface area contributed by atoms with Gasteiger partial charge in [-0.1, -0.05) is 0 Å². The lowest BCUT2D eigenvalue weighted by atomic mass is 11.8. The van der Waals surface area contributed by atoms with Gasteiger partial charge in [0.25, 0.3) is 0 Å². The fourth-order valence-corrected chi connectivity index (χ4v) is 1.26. The molecular weight excluding hydrogens is 147 g/mol. The Bertz CT molecular complexity index is 85.7. The lowest BCUT2D eigenvalue weighted by molar-refractivity contribution is 0.281. The molecule has 0 rings (SSSR count). The Hall–Kier alpha value is 0.500. The second kappa shape index (κ2) is 3.51. The zero-order valence-electron chi connectivity index (χ0n) is 4.83. The maximum atomic E-state index is 10.8. The Morgan fingerprint density at radius 3 is 1.88 bits per heavy atom. The van der Waals surface area contributed by atoms with Crippen molar-refractivity contribution in [3.63, 3.8) is 0 Å². The summed E-state index contributed by atoms with van der Waals surface area (Å²) in [6.07, 6.45) is 0. The SMILES string of the molecule is COP(=O)(CS)OC. The topological polar surface area (TPSA) is 35.5 Å². The summed E-state index contributed by atoms with van der Waals surface area (Å²) in [5.74, 6) is 0. The molecule has 0 aromatic rings. The van der Waals surface area contributed by atoms with Crippen molar-refractivity contribution in [2.75, 3.05) is 19.7 Å². The second-order valence-corrected chi connectivity index (χ2v) is 4.20. The van der Waals surface area contributed by atoms with E-state index in [0.717, 1.165) is 0 Å². The maximum absolute atomic E-state index is 10.8. The normalized spacial score (nSPS) is 11.9. The third kappa shape index (κ3) is 2.18. The van der Waals surface area contributed by atoms with E-state index in [1.54, 1.807) is 0 Å². The molecule has 5 heteroatoms. The Balaban J connectivity index is 3.79. The van der Waals surface area contributed by atoms with Gasteiger partial charge in [-0.25, -0.2) is 0 Å². The van der Waals surface area contributed by atoms with Gasteiger partial charge in [0.1, 0.15) is 0 Å². The van der Waals surface area contributed by atoms with Crippen LogP contribution in [-0.2, 0) is 13.6 Å². The first-order chi connectivity index (χ1) is 3.68. The summed E-state index contributed by atoms with van der Waals surface area (Å²) in [5, 5.41) is 0. The molecule has 0 aromatic carbocycles. The highest BCUT2D eigenvalue weighted by molar-refractivity contribution is 7.88. The highest BCUT2D eigenvalue weighted by Crippen LogP contribution is 2.46. The zero-order chi connectivity index (χ0) is 6.62. The van der Waals surface area contributed by atoms with Crippen LogP contribution in [0.25, 0.3) is 0 Å². The van der Waals surface area contributed by atoms with Crippen LogP contribution >= 0.6 is 20.2 Å². The highest BCUT2D eigenvalue weighted by Gasteiger charge is 2.16. The van der Waals surface area contributed by atoms with Gasteiger partial charge >= 0.3 is 7.60 Å². The van der Waals surface area contributed by atoms with Crippen LogP contribution in [-0.4, -0.2) is 19.7 Å². The summed E-state index contributed by atoms with van der Waals surface area (Å²) in [6, 6.07) is 0. The molecule has 0 aromatic heterocycles. The second-order valence-electron chi connectivity index (χ2n) is 1.12. The first kappa shape index (κ1) is 8.50. The molecule has 0 atom stereocenters. The monoisotopic (exact) mass is 156 g/mol. The van der Waals surface area contributed by atoms with Crippen molar-refractivity contribution in [3.8, 4) is 0 Å². The van der Waals surface area contributed by atoms with Crippen LogP contribution in [0.3, 0.4) is 0 Å². The average molecular weight is 156 g/mol. The number of thiol groups is 1. The van der Waals surface area contributed by atoms with Gasteiger partial charge in [0.15, 0.2) is 0 Å². The van der Waals surface area contributed by atoms with Crippen LogP contribution in [0, 0.1) is 0 Å². The van der Waals surface area contributed by atoms with Crippen LogP contribution in [0.1, 0.15) is 0 Å². The smallest absolute Gasteiger partial charge is 0.311 e. The lowest BCUT2D eigenvalue weighted by Gasteiger charge is -2.08. The summed E-state index contributed by atoms with van der Waals surface area (Å²) < 4.78 is 19.8. The van der Waals surface area contributed by atoms with Crippen LogP contribution in [0.15, 0.2) is 0 Å². The molecule has 0 radical (unpaired) electrons. The number of rotatable bonds is 3. The average Bonchev–Trinajstić information content (AvgIpc) is 1.87.